The van der Waals surface area contributed by atoms with Crippen LogP contribution in [0.15, 0.2) is 55.1 Å². The SMILES string of the molecule is Cc1ccc2sc(N(CCCn3ccnc3)C(=O)c3ccc(Cl)cc3)nc2c1C.Cl. The van der Waals surface area contributed by atoms with Gasteiger partial charge in [-0.1, -0.05) is 29.0 Å². The molecule has 0 aliphatic rings. The first-order valence-electron chi connectivity index (χ1n) is 9.43. The Labute approximate surface area is 190 Å². The molecule has 0 aliphatic carbocycles. The number of aryl methyl sites for hydroxylation is 3. The minimum Gasteiger partial charge on any atom is -0.337 e. The smallest absolute Gasteiger partial charge is 0.260 e. The van der Waals surface area contributed by atoms with E-state index in [9.17, 15) is 4.79 Å². The van der Waals surface area contributed by atoms with Crippen molar-refractivity contribution in [1.82, 2.24) is 14.5 Å². The summed E-state index contributed by atoms with van der Waals surface area (Å²) in [6.07, 6.45) is 6.27. The number of amides is 1. The van der Waals surface area contributed by atoms with E-state index in [0.29, 0.717) is 17.1 Å². The largest absolute Gasteiger partial charge is 0.337 e. The average molecular weight is 461 g/mol. The molecule has 0 saturated carbocycles. The van der Waals surface area contributed by atoms with Crippen molar-refractivity contribution in [3.05, 3.63) is 76.8 Å². The van der Waals surface area contributed by atoms with Gasteiger partial charge in [0.25, 0.3) is 5.91 Å². The van der Waals surface area contributed by atoms with Crippen LogP contribution in [0.25, 0.3) is 10.2 Å². The summed E-state index contributed by atoms with van der Waals surface area (Å²) in [5.41, 5.74) is 3.92. The third-order valence-corrected chi connectivity index (χ3v) is 6.29. The van der Waals surface area contributed by atoms with Gasteiger partial charge in [0, 0.05) is 36.1 Å². The van der Waals surface area contributed by atoms with Crippen molar-refractivity contribution in [2.45, 2.75) is 26.8 Å². The van der Waals surface area contributed by atoms with Crippen molar-refractivity contribution in [3.63, 3.8) is 0 Å². The fourth-order valence-electron chi connectivity index (χ4n) is 3.19. The highest BCUT2D eigenvalue weighted by atomic mass is 35.5. The monoisotopic (exact) mass is 460 g/mol. The van der Waals surface area contributed by atoms with Crippen LogP contribution >= 0.6 is 35.3 Å². The quantitative estimate of drug-likeness (QED) is 0.358. The van der Waals surface area contributed by atoms with Crippen LogP contribution in [0.2, 0.25) is 5.02 Å². The van der Waals surface area contributed by atoms with Crippen molar-refractivity contribution in [2.24, 2.45) is 0 Å². The molecule has 8 heteroatoms. The molecular weight excluding hydrogens is 439 g/mol. The highest BCUT2D eigenvalue weighted by Gasteiger charge is 2.21. The van der Waals surface area contributed by atoms with Crippen molar-refractivity contribution < 1.29 is 4.79 Å². The number of imidazole rings is 1. The molecule has 2 aromatic carbocycles. The summed E-state index contributed by atoms with van der Waals surface area (Å²) < 4.78 is 3.10. The molecule has 0 atom stereocenters. The van der Waals surface area contributed by atoms with Gasteiger partial charge in [-0.05, 0) is 61.7 Å². The standard InChI is InChI=1S/C22H21ClN4OS.ClH/c1-15-4-9-19-20(16(15)2)25-22(29-19)27(12-3-11-26-13-10-24-14-26)21(28)17-5-7-18(23)8-6-17;/h4-10,13-14H,3,11-12H2,1-2H3;1H. The maximum atomic E-state index is 13.3. The molecule has 0 bridgehead atoms. The summed E-state index contributed by atoms with van der Waals surface area (Å²) in [6, 6.07) is 11.2. The van der Waals surface area contributed by atoms with Crippen molar-refractivity contribution in [1.29, 1.82) is 0 Å². The van der Waals surface area contributed by atoms with Gasteiger partial charge in [-0.15, -0.1) is 12.4 Å². The van der Waals surface area contributed by atoms with Gasteiger partial charge in [0.05, 0.1) is 16.5 Å². The molecule has 5 nitrogen and oxygen atoms in total. The van der Waals surface area contributed by atoms with E-state index in [2.05, 4.69) is 31.0 Å². The van der Waals surface area contributed by atoms with Gasteiger partial charge in [0.1, 0.15) is 0 Å². The van der Waals surface area contributed by atoms with Gasteiger partial charge in [-0.2, -0.15) is 0 Å². The van der Waals surface area contributed by atoms with E-state index < -0.39 is 0 Å². The Morgan fingerprint density at radius 1 is 1.17 bits per heavy atom. The first kappa shape index (κ1) is 22.3. The molecule has 2 aromatic heterocycles. The van der Waals surface area contributed by atoms with Gasteiger partial charge in [-0.3, -0.25) is 9.69 Å². The number of benzene rings is 2. The molecule has 0 aliphatic heterocycles. The molecule has 0 unspecified atom stereocenters. The Kier molecular flexibility index (Phi) is 7.13. The molecule has 0 spiro atoms. The Balaban J connectivity index is 0.00000256. The third-order valence-electron chi connectivity index (χ3n) is 5.00. The van der Waals surface area contributed by atoms with Crippen LogP contribution in [-0.4, -0.2) is 27.0 Å². The second-order valence-corrected chi connectivity index (χ2v) is 8.41. The number of fused-ring (bicyclic) bond motifs is 1. The molecule has 0 fully saturated rings. The summed E-state index contributed by atoms with van der Waals surface area (Å²) in [7, 11) is 0. The van der Waals surface area contributed by atoms with Gasteiger partial charge in [0.15, 0.2) is 5.13 Å². The predicted molar refractivity (Wildman–Crippen MR) is 126 cm³/mol. The summed E-state index contributed by atoms with van der Waals surface area (Å²) in [5, 5.41) is 1.33. The van der Waals surface area contributed by atoms with Crippen LogP contribution in [0.1, 0.15) is 27.9 Å². The topological polar surface area (TPSA) is 51.0 Å². The maximum Gasteiger partial charge on any atom is 0.260 e. The van der Waals surface area contributed by atoms with E-state index >= 15 is 0 Å². The number of carbonyl (C=O) groups excluding carboxylic acids is 1. The number of hydrogen-bond acceptors (Lipinski definition) is 4. The lowest BCUT2D eigenvalue weighted by atomic mass is 10.1. The number of halogens is 2. The summed E-state index contributed by atoms with van der Waals surface area (Å²) in [6.45, 7) is 5.51. The molecule has 156 valence electrons. The zero-order chi connectivity index (χ0) is 20.4. The second-order valence-electron chi connectivity index (χ2n) is 6.97. The average Bonchev–Trinajstić information content (AvgIpc) is 3.38. The zero-order valence-corrected chi connectivity index (χ0v) is 19.1. The normalized spacial score (nSPS) is 10.8. The van der Waals surface area contributed by atoms with Crippen molar-refractivity contribution in [2.75, 3.05) is 11.4 Å². The second kappa shape index (κ2) is 9.60. The molecule has 1 amide bonds. The number of hydrogen-bond donors (Lipinski definition) is 0. The van der Waals surface area contributed by atoms with Crippen LogP contribution in [0.3, 0.4) is 0 Å². The number of carbonyl (C=O) groups is 1. The van der Waals surface area contributed by atoms with Crippen LogP contribution < -0.4 is 4.90 Å². The van der Waals surface area contributed by atoms with Gasteiger partial charge >= 0.3 is 0 Å². The first-order valence-corrected chi connectivity index (χ1v) is 10.6. The Morgan fingerprint density at radius 2 is 1.93 bits per heavy atom. The highest BCUT2D eigenvalue weighted by Crippen LogP contribution is 2.32. The van der Waals surface area contributed by atoms with E-state index in [-0.39, 0.29) is 18.3 Å². The number of aromatic nitrogens is 3. The number of rotatable bonds is 6. The Hall–Kier alpha value is -2.41. The molecule has 4 aromatic rings. The molecular formula is C22H22Cl2N4OS. The summed E-state index contributed by atoms with van der Waals surface area (Å²) in [4.78, 5) is 24.0. The zero-order valence-electron chi connectivity index (χ0n) is 16.7. The molecule has 0 saturated heterocycles. The van der Waals surface area contributed by atoms with Gasteiger partial charge in [-0.25, -0.2) is 9.97 Å². The summed E-state index contributed by atoms with van der Waals surface area (Å²) in [5.74, 6) is -0.0688. The minimum absolute atomic E-state index is 0. The molecule has 4 rings (SSSR count). The predicted octanol–water partition coefficient (Wildman–Crippen LogP) is 5.92. The number of thiazole rings is 1. The van der Waals surface area contributed by atoms with Gasteiger partial charge in [0.2, 0.25) is 0 Å². The lowest BCUT2D eigenvalue weighted by Crippen LogP contribution is -2.32. The van der Waals surface area contributed by atoms with E-state index in [1.54, 1.807) is 53.0 Å². The molecule has 0 N–H and O–H groups in total. The lowest BCUT2D eigenvalue weighted by molar-refractivity contribution is 0.0986. The van der Waals surface area contributed by atoms with Crippen molar-refractivity contribution in [3.8, 4) is 0 Å². The van der Waals surface area contributed by atoms with Crippen LogP contribution in [0.4, 0.5) is 5.13 Å². The lowest BCUT2D eigenvalue weighted by Gasteiger charge is -2.20. The van der Waals surface area contributed by atoms with E-state index in [4.69, 9.17) is 16.6 Å². The van der Waals surface area contributed by atoms with Crippen LogP contribution in [0.5, 0.6) is 0 Å². The van der Waals surface area contributed by atoms with Crippen LogP contribution in [0, 0.1) is 13.8 Å². The van der Waals surface area contributed by atoms with E-state index in [1.807, 2.05) is 10.8 Å². The Morgan fingerprint density at radius 3 is 2.63 bits per heavy atom. The fraction of sp³-hybridized carbons (Fsp3) is 0.227. The van der Waals surface area contributed by atoms with Crippen molar-refractivity contribution >= 4 is 56.6 Å². The summed E-state index contributed by atoms with van der Waals surface area (Å²) >= 11 is 7.55. The minimum atomic E-state index is -0.0688. The molecule has 30 heavy (non-hydrogen) atoms. The maximum absolute atomic E-state index is 13.3. The fourth-order valence-corrected chi connectivity index (χ4v) is 4.37. The molecule has 2 heterocycles. The number of nitrogens with zero attached hydrogens (tertiary/aromatic N) is 4. The highest BCUT2D eigenvalue weighted by molar-refractivity contribution is 7.22. The number of anilines is 1. The van der Waals surface area contributed by atoms with E-state index in [0.717, 1.165) is 33.9 Å². The Bertz CT molecular complexity index is 1140. The molecule has 0 radical (unpaired) electrons. The third kappa shape index (κ3) is 4.67. The van der Waals surface area contributed by atoms with Crippen LogP contribution in [-0.2, 0) is 6.54 Å². The first-order chi connectivity index (χ1) is 14.0. The van der Waals surface area contributed by atoms with Gasteiger partial charge < -0.3 is 4.57 Å². The van der Waals surface area contributed by atoms with E-state index in [1.165, 1.54) is 5.56 Å².